The first kappa shape index (κ1) is 15.3. The van der Waals surface area contributed by atoms with Crippen molar-refractivity contribution in [1.82, 2.24) is 4.98 Å². The molecule has 1 rings (SSSR count). The summed E-state index contributed by atoms with van der Waals surface area (Å²) in [5.41, 5.74) is 0. The van der Waals surface area contributed by atoms with Crippen LogP contribution < -0.4 is 0 Å². The molecule has 0 saturated heterocycles. The Hall–Kier alpha value is -0.770. The lowest BCUT2D eigenvalue weighted by molar-refractivity contribution is -0.132. The van der Waals surface area contributed by atoms with Crippen molar-refractivity contribution in [1.29, 1.82) is 0 Å². The van der Waals surface area contributed by atoms with Crippen LogP contribution >= 0.6 is 21.9 Å². The minimum absolute atomic E-state index is 0.0491. The monoisotopic (exact) mass is 309 g/mol. The maximum Gasteiger partial charge on any atom is 0.339 e. The summed E-state index contributed by atoms with van der Waals surface area (Å²) in [4.78, 5) is 15.4. The maximum atomic E-state index is 11.4. The van der Waals surface area contributed by atoms with Gasteiger partial charge in [0.1, 0.15) is 16.1 Å². The van der Waals surface area contributed by atoms with Gasteiger partial charge in [0.05, 0.1) is 0 Å². The number of aromatic nitrogens is 1. The lowest BCUT2D eigenvalue weighted by Crippen LogP contribution is -2.29. The van der Waals surface area contributed by atoms with Gasteiger partial charge in [-0.2, -0.15) is 8.42 Å². The molecule has 18 heavy (non-hydrogen) atoms. The highest BCUT2D eigenvalue weighted by molar-refractivity contribution is 8.75. The number of nitrogens with zero attached hydrogens (tertiary/aromatic N) is 1. The summed E-state index contributed by atoms with van der Waals surface area (Å²) in [5, 5.41) is -0.926. The van der Waals surface area contributed by atoms with Crippen LogP contribution in [-0.2, 0) is 19.1 Å². The molecular weight excluding hydrogens is 298 g/mol. The molecule has 1 N–H and O–H groups in total. The first-order valence-electron chi connectivity index (χ1n) is 4.87. The van der Waals surface area contributed by atoms with Crippen LogP contribution in [0.3, 0.4) is 0 Å². The molecule has 100 valence electrons. The normalized spacial score (nSPS) is 13.0. The van der Waals surface area contributed by atoms with Crippen molar-refractivity contribution >= 4 is 38.0 Å². The fraction of sp³-hybridized carbons (Fsp3) is 0.333. The SMILES string of the molecule is CCC(C(=O)OSSc1ccccn1)S(=O)(=O)O. The highest BCUT2D eigenvalue weighted by atomic mass is 33.1. The van der Waals surface area contributed by atoms with Gasteiger partial charge < -0.3 is 4.18 Å². The maximum absolute atomic E-state index is 11.4. The Balaban J connectivity index is 2.46. The van der Waals surface area contributed by atoms with Crippen molar-refractivity contribution in [2.75, 3.05) is 0 Å². The largest absolute Gasteiger partial charge is 0.378 e. The van der Waals surface area contributed by atoms with Gasteiger partial charge in [-0.1, -0.05) is 13.0 Å². The number of rotatable bonds is 6. The quantitative estimate of drug-likeness (QED) is 0.484. The summed E-state index contributed by atoms with van der Waals surface area (Å²) in [7, 11) is -3.35. The van der Waals surface area contributed by atoms with E-state index in [2.05, 4.69) is 9.17 Å². The standard InChI is InChI=1S/C9H11NO5S3/c1-2-7(18(12,13)14)9(11)15-17-16-8-5-3-4-6-10-8/h3-7H,2H2,1H3,(H,12,13,14). The van der Waals surface area contributed by atoms with Crippen LogP contribution in [0, 0.1) is 0 Å². The number of hydrogen-bond acceptors (Lipinski definition) is 7. The van der Waals surface area contributed by atoms with Gasteiger partial charge in [0, 0.05) is 17.0 Å². The third kappa shape index (κ3) is 4.84. The smallest absolute Gasteiger partial charge is 0.339 e. The van der Waals surface area contributed by atoms with E-state index in [1.165, 1.54) is 6.92 Å². The van der Waals surface area contributed by atoms with E-state index in [1.54, 1.807) is 24.4 Å². The Morgan fingerprint density at radius 2 is 2.28 bits per heavy atom. The van der Waals surface area contributed by atoms with Crippen LogP contribution in [0.15, 0.2) is 29.4 Å². The van der Waals surface area contributed by atoms with Crippen molar-refractivity contribution in [3.8, 4) is 0 Å². The number of carbonyl (C=O) groups is 1. The predicted octanol–water partition coefficient (Wildman–Crippen LogP) is 1.95. The highest BCUT2D eigenvalue weighted by Crippen LogP contribution is 2.30. The summed E-state index contributed by atoms with van der Waals surface area (Å²) in [5.74, 6) is -0.992. The molecule has 1 aromatic rings. The van der Waals surface area contributed by atoms with E-state index in [0.29, 0.717) is 16.1 Å². The summed E-state index contributed by atoms with van der Waals surface area (Å²) >= 11 is 0.703. The molecule has 0 fully saturated rings. The predicted molar refractivity (Wildman–Crippen MR) is 69.4 cm³/mol. The molecular formula is C9H11NO5S3. The van der Waals surface area contributed by atoms with Crippen molar-refractivity contribution in [3.63, 3.8) is 0 Å². The zero-order valence-electron chi connectivity index (χ0n) is 9.35. The minimum atomic E-state index is -4.42. The van der Waals surface area contributed by atoms with Crippen LogP contribution in [0.25, 0.3) is 0 Å². The van der Waals surface area contributed by atoms with E-state index in [9.17, 15) is 13.2 Å². The van der Waals surface area contributed by atoms with E-state index >= 15 is 0 Å². The molecule has 0 bridgehead atoms. The molecule has 0 spiro atoms. The van der Waals surface area contributed by atoms with E-state index < -0.39 is 21.3 Å². The first-order chi connectivity index (χ1) is 8.45. The van der Waals surface area contributed by atoms with E-state index in [-0.39, 0.29) is 6.42 Å². The third-order valence-electron chi connectivity index (χ3n) is 1.87. The van der Waals surface area contributed by atoms with Gasteiger partial charge in [0.25, 0.3) is 10.1 Å². The zero-order chi connectivity index (χ0) is 13.6. The highest BCUT2D eigenvalue weighted by Gasteiger charge is 2.31. The van der Waals surface area contributed by atoms with E-state index in [1.807, 2.05) is 0 Å². The van der Waals surface area contributed by atoms with Gasteiger partial charge >= 0.3 is 5.97 Å². The lowest BCUT2D eigenvalue weighted by atomic mass is 10.3. The lowest BCUT2D eigenvalue weighted by Gasteiger charge is -2.08. The van der Waals surface area contributed by atoms with Gasteiger partial charge in [-0.15, -0.1) is 0 Å². The topological polar surface area (TPSA) is 93.6 Å². The van der Waals surface area contributed by atoms with Gasteiger partial charge in [-0.05, 0) is 18.6 Å². The Morgan fingerprint density at radius 3 is 2.78 bits per heavy atom. The van der Waals surface area contributed by atoms with E-state index in [0.717, 1.165) is 10.8 Å². The second kappa shape index (κ2) is 6.98. The van der Waals surface area contributed by atoms with Gasteiger partial charge in [0.15, 0.2) is 5.25 Å². The fourth-order valence-electron chi connectivity index (χ4n) is 1.03. The molecule has 0 radical (unpaired) electrons. The van der Waals surface area contributed by atoms with Gasteiger partial charge in [0.2, 0.25) is 0 Å². The molecule has 9 heteroatoms. The van der Waals surface area contributed by atoms with Crippen LogP contribution in [-0.4, -0.2) is 29.2 Å². The summed E-state index contributed by atoms with van der Waals surface area (Å²) in [6.45, 7) is 1.47. The molecule has 1 atom stereocenters. The molecule has 1 aromatic heterocycles. The fourth-order valence-corrected chi connectivity index (χ4v) is 3.14. The summed E-state index contributed by atoms with van der Waals surface area (Å²) in [6.07, 6.45) is 1.53. The Labute approximate surface area is 113 Å². The van der Waals surface area contributed by atoms with Crippen LogP contribution in [0.4, 0.5) is 0 Å². The van der Waals surface area contributed by atoms with Crippen molar-refractivity contribution in [3.05, 3.63) is 24.4 Å². The van der Waals surface area contributed by atoms with Gasteiger partial charge in [-0.25, -0.2) is 9.78 Å². The first-order valence-corrected chi connectivity index (χ1v) is 8.45. The Bertz CT molecular complexity index is 490. The Morgan fingerprint density at radius 1 is 1.56 bits per heavy atom. The molecule has 0 aromatic carbocycles. The Kier molecular flexibility index (Phi) is 5.93. The minimum Gasteiger partial charge on any atom is -0.378 e. The number of carbonyl (C=O) groups excluding carboxylic acids is 1. The summed E-state index contributed by atoms with van der Waals surface area (Å²) < 4.78 is 35.2. The van der Waals surface area contributed by atoms with Crippen molar-refractivity contribution in [2.24, 2.45) is 0 Å². The molecule has 0 amide bonds. The second-order valence-corrected chi connectivity index (χ2v) is 6.53. The molecule has 0 aliphatic rings. The van der Waals surface area contributed by atoms with E-state index in [4.69, 9.17) is 4.55 Å². The third-order valence-corrected chi connectivity index (χ3v) is 4.74. The molecule has 0 aliphatic carbocycles. The second-order valence-electron chi connectivity index (χ2n) is 3.13. The van der Waals surface area contributed by atoms with Crippen LogP contribution in [0.5, 0.6) is 0 Å². The average molecular weight is 309 g/mol. The molecule has 0 saturated carbocycles. The molecule has 6 nitrogen and oxygen atoms in total. The molecule has 1 heterocycles. The van der Waals surface area contributed by atoms with Crippen molar-refractivity contribution < 1.29 is 21.9 Å². The number of pyridine rings is 1. The van der Waals surface area contributed by atoms with Crippen LogP contribution in [0.1, 0.15) is 13.3 Å². The van der Waals surface area contributed by atoms with Crippen molar-refractivity contribution in [2.45, 2.75) is 23.6 Å². The molecule has 0 aliphatic heterocycles. The molecule has 1 unspecified atom stereocenters. The average Bonchev–Trinajstić information content (AvgIpc) is 2.29. The number of hydrogen-bond donors (Lipinski definition) is 1. The zero-order valence-corrected chi connectivity index (χ0v) is 11.8. The summed E-state index contributed by atoms with van der Waals surface area (Å²) in [6, 6.07) is 5.22. The van der Waals surface area contributed by atoms with Gasteiger partial charge in [-0.3, -0.25) is 4.55 Å². The van der Waals surface area contributed by atoms with Crippen LogP contribution in [0.2, 0.25) is 0 Å².